The number of carbonyl (C=O) groups is 1. The third-order valence-corrected chi connectivity index (χ3v) is 5.81. The summed E-state index contributed by atoms with van der Waals surface area (Å²) < 4.78 is 13.9. The lowest BCUT2D eigenvalue weighted by Gasteiger charge is -2.26. The summed E-state index contributed by atoms with van der Waals surface area (Å²) in [6.07, 6.45) is 3.42. The average Bonchev–Trinajstić information content (AvgIpc) is 3.25. The van der Waals surface area contributed by atoms with Crippen LogP contribution in [0.15, 0.2) is 18.2 Å². The molecule has 1 aliphatic heterocycles. The molecule has 2 heterocycles. The smallest absolute Gasteiger partial charge is 0.273 e. The molecule has 7 heteroatoms. The fraction of sp³-hybridized carbons (Fsp3) is 0.412. The van der Waals surface area contributed by atoms with Crippen LogP contribution in [0.25, 0.3) is 0 Å². The van der Waals surface area contributed by atoms with Gasteiger partial charge in [-0.1, -0.05) is 11.6 Å². The number of thiazole rings is 1. The van der Waals surface area contributed by atoms with Crippen LogP contribution < -0.4 is 5.32 Å². The molecule has 1 aromatic carbocycles. The minimum absolute atomic E-state index is 0.000535. The van der Waals surface area contributed by atoms with Gasteiger partial charge in [-0.15, -0.1) is 11.3 Å². The van der Waals surface area contributed by atoms with Crippen molar-refractivity contribution in [3.63, 3.8) is 0 Å². The maximum Gasteiger partial charge on any atom is 0.273 e. The lowest BCUT2D eigenvalue weighted by atomic mass is 10.1. The van der Waals surface area contributed by atoms with Gasteiger partial charge in [-0.05, 0) is 50.3 Å². The van der Waals surface area contributed by atoms with Crippen LogP contribution in [0.2, 0.25) is 5.02 Å². The number of halogens is 2. The standard InChI is InChI=1S/C17H17ClFN3OS/c1-9-15(16(23)22-6-2-3-10-7-14(10)22)21-17(24-9)20-13-5-4-11(18)8-12(13)19/h4-5,8,10,14H,2-3,6-7H2,1H3,(H,20,21). The van der Waals surface area contributed by atoms with Crippen molar-refractivity contribution >= 4 is 39.7 Å². The summed E-state index contributed by atoms with van der Waals surface area (Å²) in [4.78, 5) is 20.0. The first-order valence-corrected chi connectivity index (χ1v) is 9.23. The number of aromatic nitrogens is 1. The van der Waals surface area contributed by atoms with Crippen molar-refractivity contribution in [2.24, 2.45) is 5.92 Å². The Morgan fingerprint density at radius 3 is 3.12 bits per heavy atom. The van der Waals surface area contributed by atoms with Crippen LogP contribution in [-0.2, 0) is 0 Å². The van der Waals surface area contributed by atoms with Crippen LogP contribution in [0, 0.1) is 18.7 Å². The molecular weight excluding hydrogens is 349 g/mol. The van der Waals surface area contributed by atoms with Gasteiger partial charge in [0.15, 0.2) is 5.13 Å². The van der Waals surface area contributed by atoms with Gasteiger partial charge in [-0.2, -0.15) is 0 Å². The molecule has 126 valence electrons. The summed E-state index contributed by atoms with van der Waals surface area (Å²) in [7, 11) is 0. The van der Waals surface area contributed by atoms with E-state index in [-0.39, 0.29) is 5.91 Å². The van der Waals surface area contributed by atoms with E-state index >= 15 is 0 Å². The summed E-state index contributed by atoms with van der Waals surface area (Å²) >= 11 is 7.12. The fourth-order valence-corrected chi connectivity index (χ4v) is 4.33. The van der Waals surface area contributed by atoms with E-state index in [4.69, 9.17) is 11.6 Å². The number of rotatable bonds is 3. The van der Waals surface area contributed by atoms with Gasteiger partial charge in [-0.3, -0.25) is 4.79 Å². The molecule has 1 saturated heterocycles. The first-order valence-electron chi connectivity index (χ1n) is 8.03. The Morgan fingerprint density at radius 2 is 2.33 bits per heavy atom. The van der Waals surface area contributed by atoms with Crippen LogP contribution in [0.5, 0.6) is 0 Å². The molecule has 2 unspecified atom stereocenters. The van der Waals surface area contributed by atoms with Gasteiger partial charge in [0, 0.05) is 22.5 Å². The van der Waals surface area contributed by atoms with Crippen molar-refractivity contribution in [2.75, 3.05) is 11.9 Å². The molecule has 0 radical (unpaired) electrons. The number of anilines is 2. The van der Waals surface area contributed by atoms with Crippen LogP contribution in [0.1, 0.15) is 34.6 Å². The zero-order valence-corrected chi connectivity index (χ0v) is 14.8. The largest absolute Gasteiger partial charge is 0.334 e. The van der Waals surface area contributed by atoms with Gasteiger partial charge in [0.05, 0.1) is 5.69 Å². The van der Waals surface area contributed by atoms with Gasteiger partial charge in [0.1, 0.15) is 11.5 Å². The molecule has 2 aliphatic rings. The topological polar surface area (TPSA) is 45.2 Å². The molecule has 2 aromatic rings. The van der Waals surface area contributed by atoms with Gasteiger partial charge < -0.3 is 10.2 Å². The molecule has 1 aliphatic carbocycles. The van der Waals surface area contributed by atoms with Gasteiger partial charge in [0.2, 0.25) is 0 Å². The first kappa shape index (κ1) is 15.8. The van der Waals surface area contributed by atoms with Crippen LogP contribution in [0.4, 0.5) is 15.2 Å². The number of benzene rings is 1. The maximum absolute atomic E-state index is 13.9. The summed E-state index contributed by atoms with van der Waals surface area (Å²) in [5, 5.41) is 3.80. The van der Waals surface area contributed by atoms with Crippen molar-refractivity contribution in [3.05, 3.63) is 39.6 Å². The van der Waals surface area contributed by atoms with E-state index in [2.05, 4.69) is 10.3 Å². The second-order valence-electron chi connectivity index (χ2n) is 6.38. The van der Waals surface area contributed by atoms with Crippen LogP contribution in [-0.4, -0.2) is 28.4 Å². The highest BCUT2D eigenvalue weighted by molar-refractivity contribution is 7.15. The number of fused-ring (bicyclic) bond motifs is 1. The molecule has 4 nitrogen and oxygen atoms in total. The van der Waals surface area contributed by atoms with Crippen molar-refractivity contribution in [3.8, 4) is 0 Å². The van der Waals surface area contributed by atoms with E-state index in [1.54, 1.807) is 12.1 Å². The second-order valence-corrected chi connectivity index (χ2v) is 8.02. The fourth-order valence-electron chi connectivity index (χ4n) is 3.36. The molecule has 1 N–H and O–H groups in total. The number of likely N-dealkylation sites (tertiary alicyclic amines) is 1. The lowest BCUT2D eigenvalue weighted by Crippen LogP contribution is -2.37. The summed E-state index contributed by atoms with van der Waals surface area (Å²) in [5.74, 6) is 0.239. The van der Waals surface area contributed by atoms with Crippen molar-refractivity contribution in [1.29, 1.82) is 0 Å². The van der Waals surface area contributed by atoms with Crippen molar-refractivity contribution < 1.29 is 9.18 Å². The quantitative estimate of drug-likeness (QED) is 0.863. The molecule has 1 aromatic heterocycles. The molecule has 2 fully saturated rings. The zero-order chi connectivity index (χ0) is 16.8. The third-order valence-electron chi connectivity index (χ3n) is 4.69. The van der Waals surface area contributed by atoms with Crippen LogP contribution in [0.3, 0.4) is 0 Å². The van der Waals surface area contributed by atoms with E-state index in [9.17, 15) is 9.18 Å². The van der Waals surface area contributed by atoms with Crippen molar-refractivity contribution in [2.45, 2.75) is 32.2 Å². The Balaban J connectivity index is 1.54. The Kier molecular flexibility index (Phi) is 3.96. The summed E-state index contributed by atoms with van der Waals surface area (Å²) in [5.41, 5.74) is 0.775. The number of amides is 1. The number of nitrogens with zero attached hydrogens (tertiary/aromatic N) is 2. The predicted octanol–water partition coefficient (Wildman–Crippen LogP) is 4.61. The number of piperidine rings is 1. The maximum atomic E-state index is 13.9. The molecule has 2 atom stereocenters. The molecule has 1 amide bonds. The molecule has 0 spiro atoms. The summed E-state index contributed by atoms with van der Waals surface area (Å²) in [6, 6.07) is 4.82. The third kappa shape index (κ3) is 2.89. The number of aryl methyl sites for hydroxylation is 1. The summed E-state index contributed by atoms with van der Waals surface area (Å²) in [6.45, 7) is 2.69. The Morgan fingerprint density at radius 1 is 1.50 bits per heavy atom. The predicted molar refractivity (Wildman–Crippen MR) is 93.7 cm³/mol. The Hall–Kier alpha value is -1.66. The molecule has 1 saturated carbocycles. The molecule has 24 heavy (non-hydrogen) atoms. The van der Waals surface area contributed by atoms with Crippen molar-refractivity contribution in [1.82, 2.24) is 9.88 Å². The average molecular weight is 366 g/mol. The minimum atomic E-state index is -0.444. The Bertz CT molecular complexity index is 809. The van der Waals surface area contributed by atoms with Gasteiger partial charge in [-0.25, -0.2) is 9.37 Å². The molecular formula is C17H17ClFN3OS. The second kappa shape index (κ2) is 6.01. The highest BCUT2D eigenvalue weighted by Gasteiger charge is 2.46. The molecule has 4 rings (SSSR count). The monoisotopic (exact) mass is 365 g/mol. The van der Waals surface area contributed by atoms with E-state index in [1.807, 2.05) is 11.8 Å². The Labute approximate surface area is 148 Å². The number of hydrogen-bond donors (Lipinski definition) is 1. The van der Waals surface area contributed by atoms with Crippen LogP contribution >= 0.6 is 22.9 Å². The van der Waals surface area contributed by atoms with E-state index in [0.717, 1.165) is 24.3 Å². The van der Waals surface area contributed by atoms with E-state index in [1.165, 1.54) is 23.8 Å². The highest BCUT2D eigenvalue weighted by Crippen LogP contribution is 2.43. The number of carbonyl (C=O) groups excluding carboxylic acids is 1. The van der Waals surface area contributed by atoms with Gasteiger partial charge in [0.25, 0.3) is 5.91 Å². The lowest BCUT2D eigenvalue weighted by molar-refractivity contribution is 0.0700. The SMILES string of the molecule is Cc1sc(Nc2ccc(Cl)cc2F)nc1C(=O)N1CCCC2CC21. The zero-order valence-electron chi connectivity index (χ0n) is 13.2. The molecule has 0 bridgehead atoms. The highest BCUT2D eigenvalue weighted by atomic mass is 35.5. The number of hydrogen-bond acceptors (Lipinski definition) is 4. The normalized spacial score (nSPS) is 22.2. The minimum Gasteiger partial charge on any atom is -0.334 e. The first-order chi connectivity index (χ1) is 11.5. The van der Waals surface area contributed by atoms with Gasteiger partial charge >= 0.3 is 0 Å². The van der Waals surface area contributed by atoms with E-state index in [0.29, 0.717) is 33.5 Å². The van der Waals surface area contributed by atoms with E-state index < -0.39 is 5.82 Å². The number of nitrogens with one attached hydrogen (secondary N) is 1.